The minimum Gasteiger partial charge on any atom is -0.465 e. The van der Waals surface area contributed by atoms with Gasteiger partial charge in [0.15, 0.2) is 11.4 Å². The van der Waals surface area contributed by atoms with Gasteiger partial charge in [-0.2, -0.15) is 0 Å². The van der Waals surface area contributed by atoms with E-state index in [0.29, 0.717) is 28.0 Å². The van der Waals surface area contributed by atoms with Crippen molar-refractivity contribution >= 4 is 28.5 Å². The van der Waals surface area contributed by atoms with E-state index in [-0.39, 0.29) is 11.7 Å². The summed E-state index contributed by atoms with van der Waals surface area (Å²) in [5.41, 5.74) is 3.05. The molecule has 29 heavy (non-hydrogen) atoms. The molecule has 0 aliphatic carbocycles. The number of rotatable bonds is 6. The average molecular weight is 382 g/mol. The molecule has 0 amide bonds. The molecule has 0 saturated carbocycles. The predicted octanol–water partition coefficient (Wildman–Crippen LogP) is 5.56. The van der Waals surface area contributed by atoms with Crippen molar-refractivity contribution in [2.24, 2.45) is 0 Å². The molecular formula is C24H18N2O3. The minimum atomic E-state index is -0.189. The van der Waals surface area contributed by atoms with Crippen molar-refractivity contribution in [3.05, 3.63) is 102 Å². The third kappa shape index (κ3) is 4.14. The molecule has 4 aromatic rings. The summed E-state index contributed by atoms with van der Waals surface area (Å²) in [6.07, 6.45) is 8.49. The van der Waals surface area contributed by atoms with E-state index in [1.807, 2.05) is 43.3 Å². The molecule has 5 nitrogen and oxygen atoms in total. The fourth-order valence-electron chi connectivity index (χ4n) is 2.83. The molecule has 2 heterocycles. The summed E-state index contributed by atoms with van der Waals surface area (Å²) in [4.78, 5) is 21.8. The molecule has 0 unspecified atom stereocenters. The van der Waals surface area contributed by atoms with E-state index in [0.717, 1.165) is 5.56 Å². The number of hydrogen-bond acceptors (Lipinski definition) is 5. The molecule has 0 radical (unpaired) electrons. The smallest absolute Gasteiger partial charge is 0.231 e. The highest BCUT2D eigenvalue weighted by atomic mass is 16.5. The van der Waals surface area contributed by atoms with Crippen LogP contribution in [0.1, 0.15) is 28.7 Å². The van der Waals surface area contributed by atoms with Gasteiger partial charge in [0.25, 0.3) is 0 Å². The van der Waals surface area contributed by atoms with Crippen molar-refractivity contribution < 1.29 is 13.9 Å². The van der Waals surface area contributed by atoms with Crippen LogP contribution in [0, 0.1) is 0 Å². The molecule has 2 aromatic heterocycles. The SMILES string of the molecule is C/C=C/Oc1ccc(C(=O)/C(=C/c2ccncc2)c2nc3ccccc3o2)cc1. The predicted molar refractivity (Wildman–Crippen MR) is 112 cm³/mol. The lowest BCUT2D eigenvalue weighted by Gasteiger charge is -2.05. The van der Waals surface area contributed by atoms with Gasteiger partial charge in [-0.25, -0.2) is 4.98 Å². The van der Waals surface area contributed by atoms with Crippen molar-refractivity contribution in [3.8, 4) is 5.75 Å². The Hall–Kier alpha value is -3.99. The van der Waals surface area contributed by atoms with Crippen LogP contribution < -0.4 is 4.74 Å². The third-order valence-electron chi connectivity index (χ3n) is 4.24. The first kappa shape index (κ1) is 18.4. The molecule has 142 valence electrons. The summed E-state index contributed by atoms with van der Waals surface area (Å²) >= 11 is 0. The Kier molecular flexibility index (Phi) is 5.29. The highest BCUT2D eigenvalue weighted by Gasteiger charge is 2.20. The lowest BCUT2D eigenvalue weighted by Crippen LogP contribution is -2.03. The van der Waals surface area contributed by atoms with Gasteiger partial charge in [0.05, 0.1) is 11.8 Å². The molecule has 0 atom stereocenters. The van der Waals surface area contributed by atoms with Crippen molar-refractivity contribution in [1.29, 1.82) is 0 Å². The molecule has 0 aliphatic heterocycles. The molecule has 5 heteroatoms. The van der Waals surface area contributed by atoms with E-state index < -0.39 is 0 Å². The fourth-order valence-corrected chi connectivity index (χ4v) is 2.83. The number of para-hydroxylation sites is 2. The van der Waals surface area contributed by atoms with Crippen LogP contribution >= 0.6 is 0 Å². The number of carbonyl (C=O) groups is 1. The molecule has 2 aromatic carbocycles. The van der Waals surface area contributed by atoms with E-state index in [9.17, 15) is 4.79 Å². The summed E-state index contributed by atoms with van der Waals surface area (Å²) in [6, 6.07) is 18.0. The second kappa shape index (κ2) is 8.35. The maximum Gasteiger partial charge on any atom is 0.231 e. The number of ether oxygens (including phenoxy) is 1. The summed E-state index contributed by atoms with van der Waals surface area (Å²) in [7, 11) is 0. The number of hydrogen-bond donors (Lipinski definition) is 0. The highest BCUT2D eigenvalue weighted by molar-refractivity contribution is 6.31. The maximum atomic E-state index is 13.3. The topological polar surface area (TPSA) is 65.2 Å². The fraction of sp³-hybridized carbons (Fsp3) is 0.0417. The number of Topliss-reactive ketones (excluding diaryl/α,β-unsaturated/α-hetero) is 1. The van der Waals surface area contributed by atoms with Crippen molar-refractivity contribution in [2.75, 3.05) is 0 Å². The maximum absolute atomic E-state index is 13.3. The van der Waals surface area contributed by atoms with Gasteiger partial charge < -0.3 is 9.15 Å². The quantitative estimate of drug-likeness (QED) is 0.248. The number of oxazole rings is 1. The lowest BCUT2D eigenvalue weighted by atomic mass is 10.0. The Bertz CT molecular complexity index is 1160. The van der Waals surface area contributed by atoms with E-state index >= 15 is 0 Å². The second-order valence-corrected chi connectivity index (χ2v) is 6.27. The van der Waals surface area contributed by atoms with Crippen LogP contribution in [0.25, 0.3) is 22.7 Å². The molecular weight excluding hydrogens is 364 g/mol. The average Bonchev–Trinajstić information content (AvgIpc) is 3.20. The van der Waals surface area contributed by atoms with Crippen LogP contribution in [0.15, 0.2) is 89.8 Å². The van der Waals surface area contributed by atoms with Crippen molar-refractivity contribution in [3.63, 3.8) is 0 Å². The second-order valence-electron chi connectivity index (χ2n) is 6.27. The molecule has 0 fully saturated rings. The van der Waals surface area contributed by atoms with Gasteiger partial charge in [0.2, 0.25) is 5.89 Å². The van der Waals surface area contributed by atoms with Crippen LogP contribution in [0.3, 0.4) is 0 Å². The number of aromatic nitrogens is 2. The van der Waals surface area contributed by atoms with Gasteiger partial charge >= 0.3 is 0 Å². The number of allylic oxidation sites excluding steroid dienone is 2. The number of benzene rings is 2. The van der Waals surface area contributed by atoms with Crippen LogP contribution in [-0.4, -0.2) is 15.8 Å². The summed E-state index contributed by atoms with van der Waals surface area (Å²) in [6.45, 7) is 1.87. The molecule has 0 N–H and O–H groups in total. The van der Waals surface area contributed by atoms with E-state index in [1.54, 1.807) is 55.1 Å². The Morgan fingerprint density at radius 2 is 1.76 bits per heavy atom. The molecule has 0 bridgehead atoms. The van der Waals surface area contributed by atoms with E-state index in [2.05, 4.69) is 9.97 Å². The van der Waals surface area contributed by atoms with Gasteiger partial charge in [-0.3, -0.25) is 9.78 Å². The number of nitrogens with zero attached hydrogens (tertiary/aromatic N) is 2. The normalized spacial score (nSPS) is 11.8. The number of ketones is 1. The zero-order chi connectivity index (χ0) is 20.1. The summed E-state index contributed by atoms with van der Waals surface area (Å²) in [5.74, 6) is 0.745. The Labute approximate surface area is 168 Å². The van der Waals surface area contributed by atoms with Gasteiger partial charge in [0.1, 0.15) is 11.3 Å². The van der Waals surface area contributed by atoms with E-state index in [1.165, 1.54) is 0 Å². The number of pyridine rings is 1. The van der Waals surface area contributed by atoms with Crippen LogP contribution in [0.2, 0.25) is 0 Å². The molecule has 4 rings (SSSR count). The lowest BCUT2D eigenvalue weighted by molar-refractivity contribution is 0.105. The Morgan fingerprint density at radius 1 is 1.00 bits per heavy atom. The van der Waals surface area contributed by atoms with Crippen LogP contribution in [-0.2, 0) is 0 Å². The monoisotopic (exact) mass is 382 g/mol. The zero-order valence-electron chi connectivity index (χ0n) is 15.8. The van der Waals surface area contributed by atoms with Gasteiger partial charge in [0, 0.05) is 18.0 Å². The third-order valence-corrected chi connectivity index (χ3v) is 4.24. The zero-order valence-corrected chi connectivity index (χ0v) is 15.8. The molecule has 0 aliphatic rings. The first-order valence-corrected chi connectivity index (χ1v) is 9.15. The Balaban J connectivity index is 1.75. The summed E-state index contributed by atoms with van der Waals surface area (Å²) in [5, 5.41) is 0. The van der Waals surface area contributed by atoms with Gasteiger partial charge in [-0.1, -0.05) is 18.2 Å². The highest BCUT2D eigenvalue weighted by Crippen LogP contribution is 2.26. The number of carbonyl (C=O) groups excluding carboxylic acids is 1. The van der Waals surface area contributed by atoms with Gasteiger partial charge in [-0.05, 0) is 67.1 Å². The standard InChI is InChI=1S/C24H18N2O3/c1-2-15-28-19-9-7-18(8-10-19)23(27)20(16-17-11-13-25-14-12-17)24-26-21-5-3-4-6-22(21)29-24/h2-16H,1H3/b15-2+,20-16-. The summed E-state index contributed by atoms with van der Waals surface area (Å²) < 4.78 is 11.3. The largest absolute Gasteiger partial charge is 0.465 e. The minimum absolute atomic E-state index is 0.189. The van der Waals surface area contributed by atoms with Crippen molar-refractivity contribution in [1.82, 2.24) is 9.97 Å². The van der Waals surface area contributed by atoms with Crippen LogP contribution in [0.4, 0.5) is 0 Å². The van der Waals surface area contributed by atoms with Crippen molar-refractivity contribution in [2.45, 2.75) is 6.92 Å². The molecule has 0 spiro atoms. The number of fused-ring (bicyclic) bond motifs is 1. The van der Waals surface area contributed by atoms with Gasteiger partial charge in [-0.15, -0.1) is 0 Å². The van der Waals surface area contributed by atoms with Crippen LogP contribution in [0.5, 0.6) is 5.75 Å². The van der Waals surface area contributed by atoms with E-state index in [4.69, 9.17) is 9.15 Å². The molecule has 0 saturated heterocycles. The first-order chi connectivity index (χ1) is 14.2. The first-order valence-electron chi connectivity index (χ1n) is 9.15. The Morgan fingerprint density at radius 3 is 2.48 bits per heavy atom.